The zero-order chi connectivity index (χ0) is 22.7. The maximum atomic E-state index is 13.4. The monoisotopic (exact) mass is 473 g/mol. The number of rotatable bonds is 7. The van der Waals surface area contributed by atoms with Crippen molar-refractivity contribution in [1.82, 2.24) is 14.9 Å². The molecule has 2 bridgehead atoms. The van der Waals surface area contributed by atoms with Crippen LogP contribution in [0.1, 0.15) is 43.7 Å². The molecule has 1 aromatic carbocycles. The molecular formula is C21H20ClF4N3O3. The molecule has 1 aromatic heterocycles. The fraction of sp³-hybridized carbons (Fsp3) is 0.524. The van der Waals surface area contributed by atoms with Crippen molar-refractivity contribution in [2.75, 3.05) is 6.61 Å². The van der Waals surface area contributed by atoms with Gasteiger partial charge in [-0.2, -0.15) is 0 Å². The Kier molecular flexibility index (Phi) is 4.94. The number of hydrogen-bond acceptors (Lipinski definition) is 4. The molecule has 4 saturated carbocycles. The topological polar surface area (TPSA) is 65.4 Å². The van der Waals surface area contributed by atoms with E-state index in [2.05, 4.69) is 15.0 Å². The lowest BCUT2D eigenvalue weighted by Gasteiger charge is -2.70. The first kappa shape index (κ1) is 21.5. The van der Waals surface area contributed by atoms with E-state index in [1.54, 1.807) is 6.33 Å². The van der Waals surface area contributed by atoms with Gasteiger partial charge in [0.25, 0.3) is 5.91 Å². The number of nitrogens with one attached hydrogen (secondary N) is 1. The van der Waals surface area contributed by atoms with E-state index in [-0.39, 0.29) is 40.3 Å². The van der Waals surface area contributed by atoms with Crippen molar-refractivity contribution >= 4 is 17.5 Å². The lowest BCUT2D eigenvalue weighted by Crippen LogP contribution is -2.78. The second-order valence-electron chi connectivity index (χ2n) is 9.01. The molecular weight excluding hydrogens is 454 g/mol. The molecule has 32 heavy (non-hydrogen) atoms. The van der Waals surface area contributed by atoms with E-state index in [9.17, 15) is 22.4 Å². The van der Waals surface area contributed by atoms with Gasteiger partial charge in [0.2, 0.25) is 0 Å². The van der Waals surface area contributed by atoms with Crippen molar-refractivity contribution in [2.45, 2.75) is 61.6 Å². The number of aromatic nitrogens is 2. The molecule has 6 nitrogen and oxygen atoms in total. The van der Waals surface area contributed by atoms with Gasteiger partial charge in [-0.15, -0.1) is 13.2 Å². The summed E-state index contributed by atoms with van der Waals surface area (Å²) in [4.78, 5) is 16.6. The molecule has 0 spiro atoms. The third-order valence-electron chi connectivity index (χ3n) is 6.63. The molecule has 0 saturated heterocycles. The van der Waals surface area contributed by atoms with E-state index in [4.69, 9.17) is 16.3 Å². The molecule has 1 amide bonds. The summed E-state index contributed by atoms with van der Waals surface area (Å²) in [5.41, 5.74) is 0.390. The molecule has 1 heterocycles. The van der Waals surface area contributed by atoms with E-state index >= 15 is 0 Å². The third-order valence-corrected chi connectivity index (χ3v) is 6.94. The maximum absolute atomic E-state index is 13.4. The minimum absolute atomic E-state index is 0.0182. The molecule has 2 aromatic rings. The summed E-state index contributed by atoms with van der Waals surface area (Å²) in [6.45, 7) is -0.228. The minimum atomic E-state index is -4.60. The Bertz CT molecular complexity index is 1030. The molecule has 0 aliphatic heterocycles. The van der Waals surface area contributed by atoms with Gasteiger partial charge in [-0.1, -0.05) is 11.6 Å². The first-order valence-corrected chi connectivity index (χ1v) is 10.6. The normalized spacial score (nSPS) is 30.7. The Hall–Kier alpha value is -2.33. The van der Waals surface area contributed by atoms with E-state index in [0.29, 0.717) is 12.8 Å². The van der Waals surface area contributed by atoms with E-state index < -0.39 is 18.3 Å². The number of benzene rings is 1. The van der Waals surface area contributed by atoms with Crippen LogP contribution >= 0.6 is 11.6 Å². The van der Waals surface area contributed by atoms with Crippen LogP contribution in [0.4, 0.5) is 17.6 Å². The van der Waals surface area contributed by atoms with Crippen LogP contribution in [0.3, 0.4) is 0 Å². The Morgan fingerprint density at radius 2 is 2.00 bits per heavy atom. The van der Waals surface area contributed by atoms with Gasteiger partial charge in [0.1, 0.15) is 11.6 Å². The Morgan fingerprint density at radius 3 is 2.66 bits per heavy atom. The summed E-state index contributed by atoms with van der Waals surface area (Å²) in [7, 11) is 0. The Morgan fingerprint density at radius 1 is 1.28 bits per heavy atom. The molecule has 172 valence electrons. The summed E-state index contributed by atoms with van der Waals surface area (Å²) in [5, 5.41) is 2.97. The molecule has 4 aliphatic rings. The standard InChI is InChI=1S/C21H20ClF4N3O3/c22-15-2-1-13(5-16(15)23)31-7-18(30)28-19-8-20(9-19,10-19)29-6-17(27-11-29)12-3-14(4-12)32-21(24,25)26/h1-2,5-6,11-12,14H,3-4,7-10H2,(H,28,30). The SMILES string of the molecule is O=C(COc1ccc(Cl)c(F)c1)NC12CC(n3cnc(C4CC(OC(F)(F)F)C4)c3)(C1)C2. The predicted molar refractivity (Wildman–Crippen MR) is 105 cm³/mol. The van der Waals surface area contributed by atoms with Gasteiger partial charge >= 0.3 is 6.36 Å². The molecule has 1 N–H and O–H groups in total. The summed E-state index contributed by atoms with van der Waals surface area (Å²) in [5.74, 6) is -0.707. The second-order valence-corrected chi connectivity index (χ2v) is 9.41. The number of carbonyl (C=O) groups excluding carboxylic acids is 1. The Balaban J connectivity index is 1.08. The van der Waals surface area contributed by atoms with Crippen molar-refractivity contribution in [3.63, 3.8) is 0 Å². The highest BCUT2D eigenvalue weighted by molar-refractivity contribution is 6.30. The molecule has 0 radical (unpaired) electrons. The number of halogens is 5. The summed E-state index contributed by atoms with van der Waals surface area (Å²) in [6, 6.07) is 3.98. The molecule has 0 atom stereocenters. The lowest BCUT2D eigenvalue weighted by atomic mass is 9.44. The average Bonchev–Trinajstić information content (AvgIpc) is 3.09. The van der Waals surface area contributed by atoms with E-state index in [1.165, 1.54) is 12.1 Å². The Labute approximate surface area is 185 Å². The van der Waals surface area contributed by atoms with Gasteiger partial charge in [0.05, 0.1) is 28.7 Å². The number of carbonyl (C=O) groups is 1. The van der Waals surface area contributed by atoms with E-state index in [0.717, 1.165) is 31.0 Å². The smallest absolute Gasteiger partial charge is 0.484 e. The molecule has 4 fully saturated rings. The fourth-order valence-electron chi connectivity index (χ4n) is 5.09. The molecule has 0 unspecified atom stereocenters. The highest BCUT2D eigenvalue weighted by atomic mass is 35.5. The van der Waals surface area contributed by atoms with Crippen LogP contribution in [0, 0.1) is 5.82 Å². The largest absolute Gasteiger partial charge is 0.522 e. The minimum Gasteiger partial charge on any atom is -0.484 e. The lowest BCUT2D eigenvalue weighted by molar-refractivity contribution is -0.351. The van der Waals surface area contributed by atoms with Crippen molar-refractivity contribution in [3.8, 4) is 5.75 Å². The van der Waals surface area contributed by atoms with Crippen molar-refractivity contribution in [3.05, 3.63) is 47.3 Å². The average molecular weight is 474 g/mol. The predicted octanol–water partition coefficient (Wildman–Crippen LogP) is 4.28. The van der Waals surface area contributed by atoms with Gasteiger partial charge in [-0.25, -0.2) is 9.37 Å². The molecule has 11 heteroatoms. The van der Waals surface area contributed by atoms with Gasteiger partial charge < -0.3 is 14.6 Å². The number of nitrogens with zero attached hydrogens (tertiary/aromatic N) is 2. The zero-order valence-corrected chi connectivity index (χ0v) is 17.5. The van der Waals surface area contributed by atoms with Gasteiger partial charge in [-0.3, -0.25) is 9.53 Å². The van der Waals surface area contributed by atoms with Crippen LogP contribution in [-0.2, 0) is 15.1 Å². The van der Waals surface area contributed by atoms with Gasteiger partial charge in [0.15, 0.2) is 6.61 Å². The summed E-state index contributed by atoms with van der Waals surface area (Å²) < 4.78 is 61.6. The van der Waals surface area contributed by atoms with Crippen LogP contribution < -0.4 is 10.1 Å². The number of alkyl halides is 3. The van der Waals surface area contributed by atoms with E-state index in [1.807, 2.05) is 10.8 Å². The number of amides is 1. The number of hydrogen-bond donors (Lipinski definition) is 1. The fourth-order valence-corrected chi connectivity index (χ4v) is 5.21. The van der Waals surface area contributed by atoms with Crippen molar-refractivity contribution in [1.29, 1.82) is 0 Å². The quantitative estimate of drug-likeness (QED) is 0.609. The van der Waals surface area contributed by atoms with Crippen LogP contribution in [0.2, 0.25) is 5.02 Å². The van der Waals surface area contributed by atoms with Crippen molar-refractivity contribution < 1.29 is 31.8 Å². The number of ether oxygens (including phenoxy) is 2. The van der Waals surface area contributed by atoms with Crippen LogP contribution in [0.15, 0.2) is 30.7 Å². The summed E-state index contributed by atoms with van der Waals surface area (Å²) in [6.07, 6.45) is 1.08. The van der Waals surface area contributed by atoms with Crippen LogP contribution in [0.5, 0.6) is 5.75 Å². The zero-order valence-electron chi connectivity index (χ0n) is 16.8. The third kappa shape index (κ3) is 3.94. The van der Waals surface area contributed by atoms with Gasteiger partial charge in [-0.05, 0) is 44.2 Å². The first-order chi connectivity index (χ1) is 15.0. The maximum Gasteiger partial charge on any atom is 0.522 e. The number of imidazole rings is 1. The van der Waals surface area contributed by atoms with Gasteiger partial charge in [0, 0.05) is 23.7 Å². The first-order valence-electron chi connectivity index (χ1n) is 10.2. The van der Waals surface area contributed by atoms with Crippen molar-refractivity contribution in [2.24, 2.45) is 0 Å². The highest BCUT2D eigenvalue weighted by Gasteiger charge is 2.69. The highest BCUT2D eigenvalue weighted by Crippen LogP contribution is 2.65. The molecule has 4 aliphatic carbocycles. The van der Waals surface area contributed by atoms with Crippen LogP contribution in [0.25, 0.3) is 0 Å². The van der Waals surface area contributed by atoms with Crippen LogP contribution in [-0.4, -0.2) is 40.1 Å². The molecule has 6 rings (SSSR count). The summed E-state index contributed by atoms with van der Waals surface area (Å²) >= 11 is 5.62. The second kappa shape index (κ2) is 7.34.